The predicted molar refractivity (Wildman–Crippen MR) is 68.0 cm³/mol. The summed E-state index contributed by atoms with van der Waals surface area (Å²) < 4.78 is 0. The van der Waals surface area contributed by atoms with Crippen molar-refractivity contribution in [3.8, 4) is 0 Å². The number of aromatic nitrogens is 1. The smallest absolute Gasteiger partial charge is 0.252 e. The van der Waals surface area contributed by atoms with E-state index in [1.165, 1.54) is 4.90 Å². The minimum Gasteiger partial charge on any atom is -0.358 e. The van der Waals surface area contributed by atoms with Gasteiger partial charge in [-0.3, -0.25) is 14.5 Å². The van der Waals surface area contributed by atoms with Crippen LogP contribution in [-0.2, 0) is 9.59 Å². The molecule has 1 saturated heterocycles. The van der Waals surface area contributed by atoms with Gasteiger partial charge in [-0.15, -0.1) is 0 Å². The van der Waals surface area contributed by atoms with E-state index in [4.69, 9.17) is 0 Å². The molecule has 0 aliphatic carbocycles. The molecule has 1 unspecified atom stereocenters. The van der Waals surface area contributed by atoms with Gasteiger partial charge in [0.2, 0.25) is 5.91 Å². The zero-order valence-electron chi connectivity index (χ0n) is 10.8. The van der Waals surface area contributed by atoms with Crippen LogP contribution in [0.5, 0.6) is 0 Å². The number of rotatable bonds is 3. The molecule has 1 aliphatic heterocycles. The summed E-state index contributed by atoms with van der Waals surface area (Å²) >= 11 is 0. The number of imide groups is 1. The van der Waals surface area contributed by atoms with Crippen LogP contribution in [0.25, 0.3) is 0 Å². The molecule has 2 rings (SSSR count). The molecule has 0 radical (unpaired) electrons. The molecule has 96 valence electrons. The fourth-order valence-electron chi connectivity index (χ4n) is 2.11. The summed E-state index contributed by atoms with van der Waals surface area (Å²) in [5.74, 6) is 0.371. The van der Waals surface area contributed by atoms with Crippen molar-refractivity contribution in [1.82, 2.24) is 9.88 Å². The topological polar surface area (TPSA) is 62.3 Å². The van der Waals surface area contributed by atoms with Crippen molar-refractivity contribution in [2.75, 3.05) is 5.32 Å². The quantitative estimate of drug-likeness (QED) is 0.819. The summed E-state index contributed by atoms with van der Waals surface area (Å²) in [5, 5.41) is 3.05. The lowest BCUT2D eigenvalue weighted by Crippen LogP contribution is -2.39. The molecule has 18 heavy (non-hydrogen) atoms. The van der Waals surface area contributed by atoms with Gasteiger partial charge < -0.3 is 5.32 Å². The highest BCUT2D eigenvalue weighted by Crippen LogP contribution is 2.20. The fraction of sp³-hybridized carbons (Fsp3) is 0.462. The summed E-state index contributed by atoms with van der Waals surface area (Å²) in [6.45, 7) is 5.59. The van der Waals surface area contributed by atoms with Crippen molar-refractivity contribution in [3.05, 3.63) is 23.9 Å². The van der Waals surface area contributed by atoms with Gasteiger partial charge in [-0.25, -0.2) is 4.98 Å². The largest absolute Gasteiger partial charge is 0.358 e. The molecule has 1 atom stereocenters. The number of hydrogen-bond donors (Lipinski definition) is 1. The fourth-order valence-corrected chi connectivity index (χ4v) is 2.11. The van der Waals surface area contributed by atoms with Gasteiger partial charge in [0, 0.05) is 12.2 Å². The maximum atomic E-state index is 12.1. The van der Waals surface area contributed by atoms with Crippen LogP contribution in [-0.4, -0.2) is 33.8 Å². The van der Waals surface area contributed by atoms with E-state index in [9.17, 15) is 9.59 Å². The third-order valence-corrected chi connectivity index (χ3v) is 3.02. The number of likely N-dealkylation sites (tertiary alicyclic amines) is 1. The molecule has 2 heterocycles. The van der Waals surface area contributed by atoms with Crippen molar-refractivity contribution in [1.29, 1.82) is 0 Å². The van der Waals surface area contributed by atoms with Gasteiger partial charge in [0.05, 0.1) is 6.42 Å². The van der Waals surface area contributed by atoms with Crippen LogP contribution in [0.1, 0.15) is 25.8 Å². The van der Waals surface area contributed by atoms with Crippen LogP contribution >= 0.6 is 0 Å². The van der Waals surface area contributed by atoms with Crippen molar-refractivity contribution < 1.29 is 9.59 Å². The Morgan fingerprint density at radius 2 is 2.17 bits per heavy atom. The second-order valence-corrected chi connectivity index (χ2v) is 4.77. The number of pyridine rings is 1. The molecule has 0 aromatic carbocycles. The first kappa shape index (κ1) is 12.5. The highest BCUT2D eigenvalue weighted by Gasteiger charge is 2.40. The van der Waals surface area contributed by atoms with E-state index in [0.29, 0.717) is 5.82 Å². The first-order valence-electron chi connectivity index (χ1n) is 6.04. The Morgan fingerprint density at radius 3 is 2.72 bits per heavy atom. The van der Waals surface area contributed by atoms with Crippen molar-refractivity contribution in [2.45, 2.75) is 39.3 Å². The summed E-state index contributed by atoms with van der Waals surface area (Å²) in [5.41, 5.74) is 0.959. The number of hydrogen-bond acceptors (Lipinski definition) is 4. The normalized spacial score (nSPS) is 19.8. The third kappa shape index (κ3) is 2.20. The number of nitrogens with one attached hydrogen (secondary N) is 1. The monoisotopic (exact) mass is 247 g/mol. The first-order valence-corrected chi connectivity index (χ1v) is 6.04. The van der Waals surface area contributed by atoms with Gasteiger partial charge in [-0.05, 0) is 32.4 Å². The SMILES string of the molecule is Cc1cccnc1NC1CC(=O)N(C(C)C)C1=O. The van der Waals surface area contributed by atoms with Gasteiger partial charge in [0.15, 0.2) is 0 Å². The van der Waals surface area contributed by atoms with Crippen LogP contribution in [0.15, 0.2) is 18.3 Å². The lowest BCUT2D eigenvalue weighted by molar-refractivity contribution is -0.140. The maximum Gasteiger partial charge on any atom is 0.252 e. The molecule has 1 N–H and O–H groups in total. The Morgan fingerprint density at radius 1 is 1.44 bits per heavy atom. The minimum atomic E-state index is -0.492. The van der Waals surface area contributed by atoms with E-state index in [1.807, 2.05) is 32.9 Å². The van der Waals surface area contributed by atoms with E-state index in [2.05, 4.69) is 10.3 Å². The summed E-state index contributed by atoms with van der Waals surface area (Å²) in [6.07, 6.45) is 1.86. The molecule has 5 nitrogen and oxygen atoms in total. The molecule has 1 aromatic heterocycles. The third-order valence-electron chi connectivity index (χ3n) is 3.02. The number of amides is 2. The highest BCUT2D eigenvalue weighted by atomic mass is 16.2. The first-order chi connectivity index (χ1) is 8.50. The molecule has 0 spiro atoms. The zero-order chi connectivity index (χ0) is 13.3. The van der Waals surface area contributed by atoms with E-state index in [-0.39, 0.29) is 24.3 Å². The van der Waals surface area contributed by atoms with E-state index < -0.39 is 6.04 Å². The average Bonchev–Trinajstić information content (AvgIpc) is 2.57. The van der Waals surface area contributed by atoms with Gasteiger partial charge in [0.25, 0.3) is 5.91 Å². The Hall–Kier alpha value is -1.91. The van der Waals surface area contributed by atoms with Gasteiger partial charge in [-0.2, -0.15) is 0 Å². The molecule has 5 heteroatoms. The van der Waals surface area contributed by atoms with Gasteiger partial charge in [-0.1, -0.05) is 6.07 Å². The van der Waals surface area contributed by atoms with Gasteiger partial charge in [0.1, 0.15) is 11.9 Å². The molecule has 1 aliphatic rings. The lowest BCUT2D eigenvalue weighted by Gasteiger charge is -2.19. The molecule has 2 amide bonds. The maximum absolute atomic E-state index is 12.1. The summed E-state index contributed by atoms with van der Waals surface area (Å²) in [6, 6.07) is 3.16. The number of aryl methyl sites for hydroxylation is 1. The van der Waals surface area contributed by atoms with E-state index in [0.717, 1.165) is 5.56 Å². The average molecular weight is 247 g/mol. The van der Waals surface area contributed by atoms with Crippen LogP contribution in [0.3, 0.4) is 0 Å². The predicted octanol–water partition coefficient (Wildman–Crippen LogP) is 1.34. The standard InChI is InChI=1S/C13H17N3O2/c1-8(2)16-11(17)7-10(13(16)18)15-12-9(3)5-4-6-14-12/h4-6,8,10H,7H2,1-3H3,(H,14,15). The Bertz CT molecular complexity index is 485. The number of anilines is 1. The molecular weight excluding hydrogens is 230 g/mol. The molecule has 0 saturated carbocycles. The molecule has 0 bridgehead atoms. The summed E-state index contributed by atoms with van der Waals surface area (Å²) in [4.78, 5) is 29.3. The van der Waals surface area contributed by atoms with Crippen molar-refractivity contribution >= 4 is 17.6 Å². The molecule has 1 fully saturated rings. The molecular formula is C13H17N3O2. The zero-order valence-corrected chi connectivity index (χ0v) is 10.8. The molecule has 1 aromatic rings. The van der Waals surface area contributed by atoms with Crippen LogP contribution < -0.4 is 5.32 Å². The Labute approximate surface area is 106 Å². The van der Waals surface area contributed by atoms with E-state index in [1.54, 1.807) is 6.20 Å². The second-order valence-electron chi connectivity index (χ2n) is 4.77. The van der Waals surface area contributed by atoms with Crippen molar-refractivity contribution in [3.63, 3.8) is 0 Å². The van der Waals surface area contributed by atoms with Crippen LogP contribution in [0, 0.1) is 6.92 Å². The van der Waals surface area contributed by atoms with Crippen molar-refractivity contribution in [2.24, 2.45) is 0 Å². The highest BCUT2D eigenvalue weighted by molar-refractivity contribution is 6.07. The lowest BCUT2D eigenvalue weighted by atomic mass is 10.2. The number of nitrogens with zero attached hydrogens (tertiary/aromatic N) is 2. The Balaban J connectivity index is 2.15. The number of carbonyl (C=O) groups is 2. The summed E-state index contributed by atoms with van der Waals surface area (Å²) in [7, 11) is 0. The minimum absolute atomic E-state index is 0.0957. The number of carbonyl (C=O) groups excluding carboxylic acids is 2. The van der Waals surface area contributed by atoms with Crippen LogP contribution in [0.4, 0.5) is 5.82 Å². The second kappa shape index (κ2) is 4.76. The van der Waals surface area contributed by atoms with Crippen LogP contribution in [0.2, 0.25) is 0 Å². The van der Waals surface area contributed by atoms with E-state index >= 15 is 0 Å². The van der Waals surface area contributed by atoms with Gasteiger partial charge >= 0.3 is 0 Å². The Kier molecular flexibility index (Phi) is 3.32.